The number of alkyl halides is 2. The van der Waals surface area contributed by atoms with Gasteiger partial charge in [-0.2, -0.15) is 0 Å². The Morgan fingerprint density at radius 3 is 2.75 bits per heavy atom. The Balaban J connectivity index is 1.71. The molecule has 0 bridgehead atoms. The number of fused-ring (bicyclic) bond motifs is 1. The SMILES string of the molecule is CCCCCC(F)(F)C=CC1C(OC(=O)c2ccccc2)CC2OC(=O)CC21. The van der Waals surface area contributed by atoms with Gasteiger partial charge in [-0.25, -0.2) is 13.6 Å². The normalized spacial score (nSPS) is 27.0. The molecule has 1 aliphatic carbocycles. The lowest BCUT2D eigenvalue weighted by molar-refractivity contribution is -0.141. The van der Waals surface area contributed by atoms with Gasteiger partial charge in [0.25, 0.3) is 5.92 Å². The van der Waals surface area contributed by atoms with Crippen LogP contribution >= 0.6 is 0 Å². The van der Waals surface area contributed by atoms with Gasteiger partial charge in [0, 0.05) is 24.7 Å². The van der Waals surface area contributed by atoms with Crippen molar-refractivity contribution in [2.75, 3.05) is 0 Å². The number of ether oxygens (including phenoxy) is 2. The van der Waals surface area contributed by atoms with E-state index in [-0.39, 0.29) is 30.8 Å². The predicted molar refractivity (Wildman–Crippen MR) is 100.0 cm³/mol. The van der Waals surface area contributed by atoms with Crippen LogP contribution in [0.4, 0.5) is 8.78 Å². The second-order valence-corrected chi connectivity index (χ2v) is 7.60. The Bertz CT molecular complexity index is 717. The molecule has 4 nitrogen and oxygen atoms in total. The lowest BCUT2D eigenvalue weighted by atomic mass is 9.91. The number of benzene rings is 1. The van der Waals surface area contributed by atoms with E-state index in [0.717, 1.165) is 18.9 Å². The standard InChI is InChI=1S/C22H26F2O4/c1-2-3-7-11-22(23,24)12-10-16-17-13-20(25)27-19(17)14-18(16)28-21(26)15-8-5-4-6-9-15/h4-6,8-10,12,16-19H,2-3,7,11,13-14H2,1H3. The summed E-state index contributed by atoms with van der Waals surface area (Å²) in [4.78, 5) is 24.0. The van der Waals surface area contributed by atoms with E-state index in [9.17, 15) is 18.4 Å². The summed E-state index contributed by atoms with van der Waals surface area (Å²) in [6.07, 6.45) is 3.78. The van der Waals surface area contributed by atoms with E-state index in [1.54, 1.807) is 30.3 Å². The molecule has 0 N–H and O–H groups in total. The molecule has 1 aliphatic heterocycles. The Hall–Kier alpha value is -2.24. The molecule has 3 rings (SSSR count). The van der Waals surface area contributed by atoms with Crippen molar-refractivity contribution in [1.82, 2.24) is 0 Å². The Morgan fingerprint density at radius 2 is 2.04 bits per heavy atom. The van der Waals surface area contributed by atoms with E-state index >= 15 is 0 Å². The molecule has 0 spiro atoms. The molecule has 1 aromatic rings. The number of hydrogen-bond donors (Lipinski definition) is 0. The molecule has 2 aliphatic rings. The van der Waals surface area contributed by atoms with Crippen molar-refractivity contribution in [3.05, 3.63) is 48.0 Å². The highest BCUT2D eigenvalue weighted by molar-refractivity contribution is 5.89. The van der Waals surface area contributed by atoms with Gasteiger partial charge >= 0.3 is 11.9 Å². The van der Waals surface area contributed by atoms with Gasteiger partial charge in [-0.3, -0.25) is 4.79 Å². The van der Waals surface area contributed by atoms with Crippen LogP contribution in [-0.4, -0.2) is 30.1 Å². The van der Waals surface area contributed by atoms with Crippen LogP contribution in [-0.2, 0) is 14.3 Å². The van der Waals surface area contributed by atoms with E-state index in [1.807, 2.05) is 6.92 Å². The lowest BCUT2D eigenvalue weighted by Crippen LogP contribution is -2.25. The third-order valence-corrected chi connectivity index (χ3v) is 5.49. The maximum Gasteiger partial charge on any atom is 0.338 e. The van der Waals surface area contributed by atoms with Gasteiger partial charge in [0.2, 0.25) is 0 Å². The number of carbonyl (C=O) groups excluding carboxylic acids is 2. The Kier molecular flexibility index (Phi) is 6.47. The topological polar surface area (TPSA) is 52.6 Å². The summed E-state index contributed by atoms with van der Waals surface area (Å²) < 4.78 is 39.3. The number of allylic oxidation sites excluding steroid dienone is 1. The van der Waals surface area contributed by atoms with Gasteiger partial charge in [0.05, 0.1) is 12.0 Å². The molecular formula is C22H26F2O4. The first-order valence-corrected chi connectivity index (χ1v) is 9.92. The summed E-state index contributed by atoms with van der Waals surface area (Å²) in [7, 11) is 0. The maximum absolute atomic E-state index is 14.2. The minimum Gasteiger partial charge on any atom is -0.462 e. The van der Waals surface area contributed by atoms with Gasteiger partial charge in [0.15, 0.2) is 0 Å². The molecule has 1 saturated heterocycles. The highest BCUT2D eigenvalue weighted by Gasteiger charge is 2.51. The molecular weight excluding hydrogens is 366 g/mol. The summed E-state index contributed by atoms with van der Waals surface area (Å²) >= 11 is 0. The van der Waals surface area contributed by atoms with Crippen LogP contribution in [0.1, 0.15) is 55.8 Å². The smallest absolute Gasteiger partial charge is 0.338 e. The Labute approximate surface area is 163 Å². The van der Waals surface area contributed by atoms with Crippen LogP contribution < -0.4 is 0 Å². The molecule has 1 heterocycles. The number of hydrogen-bond acceptors (Lipinski definition) is 4. The van der Waals surface area contributed by atoms with Crippen molar-refractivity contribution in [2.24, 2.45) is 11.8 Å². The average Bonchev–Trinajstić information content (AvgIpc) is 3.16. The van der Waals surface area contributed by atoms with Gasteiger partial charge < -0.3 is 9.47 Å². The van der Waals surface area contributed by atoms with E-state index in [1.165, 1.54) is 6.08 Å². The lowest BCUT2D eigenvalue weighted by Gasteiger charge is -2.21. The van der Waals surface area contributed by atoms with E-state index in [0.29, 0.717) is 18.4 Å². The fourth-order valence-electron chi connectivity index (χ4n) is 4.02. The zero-order valence-electron chi connectivity index (χ0n) is 16.0. The molecule has 0 radical (unpaired) electrons. The van der Waals surface area contributed by atoms with E-state index < -0.39 is 23.9 Å². The van der Waals surface area contributed by atoms with Gasteiger partial charge in [-0.05, 0) is 24.6 Å². The van der Waals surface area contributed by atoms with Crippen LogP contribution in [0.25, 0.3) is 0 Å². The largest absolute Gasteiger partial charge is 0.462 e. The quantitative estimate of drug-likeness (QED) is 0.357. The fourth-order valence-corrected chi connectivity index (χ4v) is 4.02. The van der Waals surface area contributed by atoms with Crippen LogP contribution in [0.15, 0.2) is 42.5 Å². The van der Waals surface area contributed by atoms with Crippen molar-refractivity contribution in [3.63, 3.8) is 0 Å². The first-order valence-electron chi connectivity index (χ1n) is 9.92. The molecule has 2 fully saturated rings. The molecule has 152 valence electrons. The maximum atomic E-state index is 14.2. The highest BCUT2D eigenvalue weighted by atomic mass is 19.3. The summed E-state index contributed by atoms with van der Waals surface area (Å²) in [5.41, 5.74) is 0.407. The predicted octanol–water partition coefficient (Wildman–Crippen LogP) is 4.94. The summed E-state index contributed by atoms with van der Waals surface area (Å²) in [6.45, 7) is 1.97. The van der Waals surface area contributed by atoms with Crippen molar-refractivity contribution in [1.29, 1.82) is 0 Å². The van der Waals surface area contributed by atoms with Crippen molar-refractivity contribution >= 4 is 11.9 Å². The third kappa shape index (κ3) is 4.97. The van der Waals surface area contributed by atoms with Crippen LogP contribution in [0.3, 0.4) is 0 Å². The molecule has 0 amide bonds. The van der Waals surface area contributed by atoms with Crippen molar-refractivity contribution in [2.45, 2.75) is 63.6 Å². The summed E-state index contributed by atoms with van der Waals surface area (Å²) in [6, 6.07) is 8.55. The number of carbonyl (C=O) groups is 2. The van der Waals surface area contributed by atoms with Gasteiger partial charge in [-0.1, -0.05) is 44.0 Å². The first-order chi connectivity index (χ1) is 13.4. The van der Waals surface area contributed by atoms with Gasteiger partial charge in [-0.15, -0.1) is 0 Å². The monoisotopic (exact) mass is 392 g/mol. The molecule has 6 heteroatoms. The van der Waals surface area contributed by atoms with Gasteiger partial charge in [0.1, 0.15) is 12.2 Å². The Morgan fingerprint density at radius 1 is 1.29 bits per heavy atom. The second kappa shape index (κ2) is 8.84. The second-order valence-electron chi connectivity index (χ2n) is 7.60. The summed E-state index contributed by atoms with van der Waals surface area (Å²) in [5, 5.41) is 0. The van der Waals surface area contributed by atoms with Crippen LogP contribution in [0, 0.1) is 11.8 Å². The minimum atomic E-state index is -2.91. The third-order valence-electron chi connectivity index (χ3n) is 5.49. The van der Waals surface area contributed by atoms with Crippen LogP contribution in [0.5, 0.6) is 0 Å². The molecule has 1 saturated carbocycles. The number of unbranched alkanes of at least 4 members (excludes halogenated alkanes) is 2. The average molecular weight is 392 g/mol. The molecule has 0 aromatic heterocycles. The molecule has 28 heavy (non-hydrogen) atoms. The zero-order valence-corrected chi connectivity index (χ0v) is 16.0. The number of rotatable bonds is 8. The van der Waals surface area contributed by atoms with E-state index in [2.05, 4.69) is 0 Å². The number of halogens is 2. The van der Waals surface area contributed by atoms with Crippen LogP contribution in [0.2, 0.25) is 0 Å². The first kappa shape index (κ1) is 20.5. The van der Waals surface area contributed by atoms with E-state index in [4.69, 9.17) is 9.47 Å². The fraction of sp³-hybridized carbons (Fsp3) is 0.545. The minimum absolute atomic E-state index is 0.167. The summed E-state index contributed by atoms with van der Waals surface area (Å²) in [5.74, 6) is -4.42. The highest BCUT2D eigenvalue weighted by Crippen LogP contribution is 2.44. The molecule has 4 atom stereocenters. The molecule has 1 aromatic carbocycles. The number of esters is 2. The molecule has 4 unspecified atom stereocenters. The van der Waals surface area contributed by atoms with Crippen molar-refractivity contribution in [3.8, 4) is 0 Å². The zero-order chi connectivity index (χ0) is 20.1. The van der Waals surface area contributed by atoms with Crippen molar-refractivity contribution < 1.29 is 27.8 Å².